The van der Waals surface area contributed by atoms with Gasteiger partial charge in [0.15, 0.2) is 0 Å². The molecule has 3 rings (SSSR count). The van der Waals surface area contributed by atoms with Crippen molar-refractivity contribution in [2.24, 2.45) is 0 Å². The Labute approximate surface area is 124 Å². The summed E-state index contributed by atoms with van der Waals surface area (Å²) >= 11 is 1.43. The first-order chi connectivity index (χ1) is 10.1. The number of nitrogens with one attached hydrogen (secondary N) is 2. The molecular weight excluding hydrogens is 293 g/mol. The SMILES string of the molecule is O=C1CSc2ccc(NC(=O)c3cccnc3F)cc2N1. The van der Waals surface area contributed by atoms with E-state index in [1.807, 2.05) is 0 Å². The van der Waals surface area contributed by atoms with Gasteiger partial charge < -0.3 is 10.6 Å². The first kappa shape index (κ1) is 13.6. The number of amides is 2. The van der Waals surface area contributed by atoms with E-state index >= 15 is 0 Å². The van der Waals surface area contributed by atoms with Crippen LogP contribution in [0, 0.1) is 5.95 Å². The summed E-state index contributed by atoms with van der Waals surface area (Å²) in [5.74, 6) is -1.12. The van der Waals surface area contributed by atoms with Crippen molar-refractivity contribution in [1.82, 2.24) is 4.98 Å². The van der Waals surface area contributed by atoms with Crippen LogP contribution in [0.1, 0.15) is 10.4 Å². The van der Waals surface area contributed by atoms with Gasteiger partial charge in [-0.2, -0.15) is 4.39 Å². The Bertz CT molecular complexity index is 736. The fraction of sp³-hybridized carbons (Fsp3) is 0.0714. The minimum Gasteiger partial charge on any atom is -0.324 e. The standard InChI is InChI=1S/C14H10FN3O2S/c15-13-9(2-1-5-16-13)14(20)17-8-3-4-11-10(6-8)18-12(19)7-21-11/h1-6H,7H2,(H,17,20)(H,18,19). The zero-order valence-electron chi connectivity index (χ0n) is 10.7. The summed E-state index contributed by atoms with van der Waals surface area (Å²) in [5, 5.41) is 5.31. The van der Waals surface area contributed by atoms with Gasteiger partial charge in [0, 0.05) is 16.8 Å². The molecule has 2 heterocycles. The fourth-order valence-corrected chi connectivity index (χ4v) is 2.70. The summed E-state index contributed by atoms with van der Waals surface area (Å²) in [6.07, 6.45) is 1.28. The molecule has 0 bridgehead atoms. The number of pyridine rings is 1. The molecule has 1 aliphatic rings. The Hall–Kier alpha value is -2.41. The molecule has 106 valence electrons. The molecule has 2 amide bonds. The summed E-state index contributed by atoms with van der Waals surface area (Å²) in [4.78, 5) is 27.7. The number of hydrogen-bond acceptors (Lipinski definition) is 4. The topological polar surface area (TPSA) is 71.1 Å². The Balaban J connectivity index is 1.82. The van der Waals surface area contributed by atoms with E-state index in [4.69, 9.17) is 0 Å². The van der Waals surface area contributed by atoms with Gasteiger partial charge in [-0.15, -0.1) is 11.8 Å². The van der Waals surface area contributed by atoms with E-state index in [0.29, 0.717) is 17.1 Å². The molecule has 0 spiro atoms. The lowest BCUT2D eigenvalue weighted by molar-refractivity contribution is -0.113. The van der Waals surface area contributed by atoms with E-state index in [0.717, 1.165) is 4.90 Å². The van der Waals surface area contributed by atoms with Crippen molar-refractivity contribution in [1.29, 1.82) is 0 Å². The average Bonchev–Trinajstić information content (AvgIpc) is 2.47. The molecule has 0 unspecified atom stereocenters. The molecule has 0 fully saturated rings. The zero-order chi connectivity index (χ0) is 14.8. The Morgan fingerprint density at radius 2 is 2.24 bits per heavy atom. The molecule has 0 radical (unpaired) electrons. The molecular formula is C14H10FN3O2S. The van der Waals surface area contributed by atoms with Crippen LogP contribution in [0.2, 0.25) is 0 Å². The second-order valence-corrected chi connectivity index (χ2v) is 5.36. The minimum absolute atomic E-state index is 0.0886. The largest absolute Gasteiger partial charge is 0.324 e. The van der Waals surface area contributed by atoms with Gasteiger partial charge in [-0.3, -0.25) is 9.59 Å². The quantitative estimate of drug-likeness (QED) is 0.836. The maximum atomic E-state index is 13.4. The van der Waals surface area contributed by atoms with Crippen molar-refractivity contribution in [3.63, 3.8) is 0 Å². The first-order valence-corrected chi connectivity index (χ1v) is 7.10. The van der Waals surface area contributed by atoms with Crippen molar-refractivity contribution < 1.29 is 14.0 Å². The number of thioether (sulfide) groups is 1. The number of benzene rings is 1. The molecule has 0 saturated heterocycles. The predicted molar refractivity (Wildman–Crippen MR) is 77.9 cm³/mol. The summed E-state index contributed by atoms with van der Waals surface area (Å²) in [7, 11) is 0. The van der Waals surface area contributed by atoms with Crippen LogP contribution >= 0.6 is 11.8 Å². The zero-order valence-corrected chi connectivity index (χ0v) is 11.5. The Kier molecular flexibility index (Phi) is 3.57. The second-order valence-electron chi connectivity index (χ2n) is 4.34. The molecule has 2 N–H and O–H groups in total. The summed E-state index contributed by atoms with van der Waals surface area (Å²) < 4.78 is 13.4. The maximum Gasteiger partial charge on any atom is 0.260 e. The second kappa shape index (κ2) is 5.53. The van der Waals surface area contributed by atoms with Crippen LogP contribution in [0.3, 0.4) is 0 Å². The van der Waals surface area contributed by atoms with Crippen LogP contribution in [-0.2, 0) is 4.79 Å². The lowest BCUT2D eigenvalue weighted by Gasteiger charge is -2.17. The van der Waals surface area contributed by atoms with E-state index in [2.05, 4.69) is 15.6 Å². The van der Waals surface area contributed by atoms with Gasteiger partial charge in [-0.1, -0.05) is 0 Å². The number of carbonyl (C=O) groups excluding carboxylic acids is 2. The van der Waals surface area contributed by atoms with E-state index in [9.17, 15) is 14.0 Å². The summed E-state index contributed by atoms with van der Waals surface area (Å²) in [5.41, 5.74) is 0.985. The van der Waals surface area contributed by atoms with Crippen molar-refractivity contribution in [3.05, 3.63) is 48.0 Å². The molecule has 0 atom stereocenters. The summed E-state index contributed by atoms with van der Waals surface area (Å²) in [6.45, 7) is 0. The van der Waals surface area contributed by atoms with Gasteiger partial charge in [0.2, 0.25) is 11.9 Å². The maximum absolute atomic E-state index is 13.4. The van der Waals surface area contributed by atoms with Gasteiger partial charge in [-0.05, 0) is 30.3 Å². The molecule has 1 aromatic heterocycles. The van der Waals surface area contributed by atoms with Gasteiger partial charge in [0.05, 0.1) is 17.0 Å². The average molecular weight is 303 g/mol. The van der Waals surface area contributed by atoms with Crippen molar-refractivity contribution in [3.8, 4) is 0 Å². The minimum atomic E-state index is -0.822. The number of halogens is 1. The normalized spacial score (nSPS) is 13.3. The van der Waals surface area contributed by atoms with Crippen LogP contribution in [0.5, 0.6) is 0 Å². The van der Waals surface area contributed by atoms with Crippen LogP contribution in [-0.4, -0.2) is 22.6 Å². The molecule has 21 heavy (non-hydrogen) atoms. The lowest BCUT2D eigenvalue weighted by atomic mass is 10.2. The highest BCUT2D eigenvalue weighted by atomic mass is 32.2. The van der Waals surface area contributed by atoms with Gasteiger partial charge in [-0.25, -0.2) is 4.98 Å². The van der Waals surface area contributed by atoms with Gasteiger partial charge in [0.25, 0.3) is 5.91 Å². The van der Waals surface area contributed by atoms with Crippen LogP contribution in [0.25, 0.3) is 0 Å². The molecule has 7 heteroatoms. The number of fused-ring (bicyclic) bond motifs is 1. The number of anilines is 2. The Morgan fingerprint density at radius 1 is 1.38 bits per heavy atom. The molecule has 1 aliphatic heterocycles. The molecule has 0 aliphatic carbocycles. The van der Waals surface area contributed by atoms with E-state index in [-0.39, 0.29) is 11.5 Å². The number of hydrogen-bond donors (Lipinski definition) is 2. The van der Waals surface area contributed by atoms with Crippen molar-refractivity contribution >= 4 is 35.0 Å². The molecule has 5 nitrogen and oxygen atoms in total. The highest BCUT2D eigenvalue weighted by Gasteiger charge is 2.17. The Morgan fingerprint density at radius 3 is 3.05 bits per heavy atom. The molecule has 2 aromatic rings. The van der Waals surface area contributed by atoms with Crippen LogP contribution < -0.4 is 10.6 Å². The smallest absolute Gasteiger partial charge is 0.260 e. The highest BCUT2D eigenvalue weighted by Crippen LogP contribution is 2.33. The van der Waals surface area contributed by atoms with Crippen LogP contribution in [0.4, 0.5) is 15.8 Å². The molecule has 1 aromatic carbocycles. The first-order valence-electron chi connectivity index (χ1n) is 6.12. The third-order valence-corrected chi connectivity index (χ3v) is 3.95. The van der Waals surface area contributed by atoms with Gasteiger partial charge >= 0.3 is 0 Å². The van der Waals surface area contributed by atoms with Crippen molar-refractivity contribution in [2.45, 2.75) is 4.90 Å². The lowest BCUT2D eigenvalue weighted by Crippen LogP contribution is -2.19. The predicted octanol–water partition coefficient (Wildman–Crippen LogP) is 2.52. The van der Waals surface area contributed by atoms with E-state index < -0.39 is 11.9 Å². The number of nitrogens with zero attached hydrogens (tertiary/aromatic N) is 1. The van der Waals surface area contributed by atoms with Crippen LogP contribution in [0.15, 0.2) is 41.4 Å². The van der Waals surface area contributed by atoms with E-state index in [1.54, 1.807) is 18.2 Å². The number of aromatic nitrogens is 1. The van der Waals surface area contributed by atoms with Gasteiger partial charge in [0.1, 0.15) is 0 Å². The van der Waals surface area contributed by atoms with E-state index in [1.165, 1.54) is 30.1 Å². The monoisotopic (exact) mass is 303 g/mol. The number of carbonyl (C=O) groups is 2. The third kappa shape index (κ3) is 2.87. The number of rotatable bonds is 2. The third-order valence-electron chi connectivity index (χ3n) is 2.87. The fourth-order valence-electron chi connectivity index (χ4n) is 1.91. The highest BCUT2D eigenvalue weighted by molar-refractivity contribution is 8.00. The molecule has 0 saturated carbocycles. The van der Waals surface area contributed by atoms with Crippen molar-refractivity contribution in [2.75, 3.05) is 16.4 Å². The summed E-state index contributed by atoms with van der Waals surface area (Å²) in [6, 6.07) is 7.99.